The molecule has 19 heavy (non-hydrogen) atoms. The van der Waals surface area contributed by atoms with E-state index in [1.54, 1.807) is 11.7 Å². The van der Waals surface area contributed by atoms with E-state index in [2.05, 4.69) is 10.1 Å². The summed E-state index contributed by atoms with van der Waals surface area (Å²) in [7, 11) is 1.80. The van der Waals surface area contributed by atoms with Gasteiger partial charge in [0.25, 0.3) is 0 Å². The highest BCUT2D eigenvalue weighted by Gasteiger charge is 2.15. The zero-order valence-electron chi connectivity index (χ0n) is 10.6. The van der Waals surface area contributed by atoms with E-state index in [0.29, 0.717) is 11.4 Å². The molecule has 0 radical (unpaired) electrons. The van der Waals surface area contributed by atoms with E-state index in [4.69, 9.17) is 21.4 Å². The zero-order chi connectivity index (χ0) is 14.2. The highest BCUT2D eigenvalue weighted by molar-refractivity contribution is 6.32. The second-order valence-corrected chi connectivity index (χ2v) is 4.45. The van der Waals surface area contributed by atoms with Gasteiger partial charge in [-0.25, -0.2) is 9.78 Å². The smallest absolute Gasteiger partial charge is 0.337 e. The summed E-state index contributed by atoms with van der Waals surface area (Å²) in [6, 6.07) is 1.30. The summed E-state index contributed by atoms with van der Waals surface area (Å²) in [5.41, 5.74) is 1.55. The van der Waals surface area contributed by atoms with E-state index in [0.717, 1.165) is 5.69 Å². The van der Waals surface area contributed by atoms with Crippen LogP contribution in [0.2, 0.25) is 5.02 Å². The van der Waals surface area contributed by atoms with E-state index in [1.165, 1.54) is 12.3 Å². The Morgan fingerprint density at radius 2 is 2.16 bits per heavy atom. The standard InChI is InChI=1S/C12H12ClN3O3/c1-6-10(7(2)16(3)15-6)19-11-9(13)4-8(5-14-11)12(17)18/h4-5H,1-3H3,(H,17,18). The normalized spacial score (nSPS) is 10.5. The fourth-order valence-corrected chi connectivity index (χ4v) is 1.82. The van der Waals surface area contributed by atoms with Crippen LogP contribution in [0.15, 0.2) is 12.3 Å². The average molecular weight is 282 g/mol. The van der Waals surface area contributed by atoms with Gasteiger partial charge in [0.05, 0.1) is 11.3 Å². The molecule has 0 atom stereocenters. The molecule has 7 heteroatoms. The maximum atomic E-state index is 10.8. The molecule has 0 saturated carbocycles. The van der Waals surface area contributed by atoms with Gasteiger partial charge >= 0.3 is 5.97 Å². The van der Waals surface area contributed by atoms with Crippen molar-refractivity contribution in [3.8, 4) is 11.6 Å². The van der Waals surface area contributed by atoms with Crippen molar-refractivity contribution in [2.75, 3.05) is 0 Å². The molecule has 2 rings (SSSR count). The van der Waals surface area contributed by atoms with Gasteiger partial charge in [-0.1, -0.05) is 11.6 Å². The maximum Gasteiger partial charge on any atom is 0.337 e. The van der Waals surface area contributed by atoms with Crippen molar-refractivity contribution in [1.82, 2.24) is 14.8 Å². The predicted molar refractivity (Wildman–Crippen MR) is 69.0 cm³/mol. The van der Waals surface area contributed by atoms with Crippen LogP contribution in [0.5, 0.6) is 11.6 Å². The molecule has 2 aromatic heterocycles. The molecule has 0 spiro atoms. The van der Waals surface area contributed by atoms with Crippen LogP contribution in [0.1, 0.15) is 21.7 Å². The van der Waals surface area contributed by atoms with Gasteiger partial charge in [0, 0.05) is 13.2 Å². The number of halogens is 1. The Bertz CT molecular complexity index is 652. The third kappa shape index (κ3) is 2.53. The van der Waals surface area contributed by atoms with Gasteiger partial charge in [-0.05, 0) is 19.9 Å². The molecule has 2 heterocycles. The molecule has 0 aliphatic carbocycles. The summed E-state index contributed by atoms with van der Waals surface area (Å²) < 4.78 is 7.29. The molecule has 0 aliphatic rings. The van der Waals surface area contributed by atoms with Crippen LogP contribution in [-0.2, 0) is 7.05 Å². The van der Waals surface area contributed by atoms with E-state index in [1.807, 2.05) is 13.8 Å². The molecule has 0 unspecified atom stereocenters. The summed E-state index contributed by atoms with van der Waals surface area (Å²) in [5, 5.41) is 13.2. The molecule has 2 aromatic rings. The first-order valence-electron chi connectivity index (χ1n) is 5.47. The van der Waals surface area contributed by atoms with Crippen LogP contribution < -0.4 is 4.74 Å². The van der Waals surface area contributed by atoms with Crippen LogP contribution in [0.3, 0.4) is 0 Å². The molecule has 100 valence electrons. The minimum atomic E-state index is -1.09. The van der Waals surface area contributed by atoms with Crippen molar-refractivity contribution in [1.29, 1.82) is 0 Å². The Kier molecular flexibility index (Phi) is 3.44. The van der Waals surface area contributed by atoms with Crippen molar-refractivity contribution < 1.29 is 14.6 Å². The highest BCUT2D eigenvalue weighted by atomic mass is 35.5. The van der Waals surface area contributed by atoms with E-state index in [9.17, 15) is 4.79 Å². The van der Waals surface area contributed by atoms with Gasteiger partial charge in [0.2, 0.25) is 5.88 Å². The monoisotopic (exact) mass is 281 g/mol. The summed E-state index contributed by atoms with van der Waals surface area (Å²) in [5.74, 6) is -0.361. The number of carbonyl (C=O) groups is 1. The van der Waals surface area contributed by atoms with Crippen molar-refractivity contribution in [2.45, 2.75) is 13.8 Å². The lowest BCUT2D eigenvalue weighted by molar-refractivity contribution is 0.0696. The first kappa shape index (κ1) is 13.4. The molecular formula is C12H12ClN3O3. The second kappa shape index (κ2) is 4.89. The molecule has 0 saturated heterocycles. The third-order valence-electron chi connectivity index (χ3n) is 2.70. The Morgan fingerprint density at radius 1 is 1.47 bits per heavy atom. The van der Waals surface area contributed by atoms with Gasteiger partial charge in [-0.2, -0.15) is 5.10 Å². The van der Waals surface area contributed by atoms with Crippen LogP contribution in [0, 0.1) is 13.8 Å². The zero-order valence-corrected chi connectivity index (χ0v) is 11.4. The first-order chi connectivity index (χ1) is 8.90. The predicted octanol–water partition coefficient (Wildman–Crippen LogP) is 2.58. The first-order valence-corrected chi connectivity index (χ1v) is 5.85. The SMILES string of the molecule is Cc1nn(C)c(C)c1Oc1ncc(C(=O)O)cc1Cl. The van der Waals surface area contributed by atoms with Crippen LogP contribution in [0.25, 0.3) is 0 Å². The van der Waals surface area contributed by atoms with Crippen LogP contribution >= 0.6 is 11.6 Å². The highest BCUT2D eigenvalue weighted by Crippen LogP contribution is 2.31. The number of hydrogen-bond acceptors (Lipinski definition) is 4. The van der Waals surface area contributed by atoms with Gasteiger partial charge in [0.1, 0.15) is 10.7 Å². The van der Waals surface area contributed by atoms with Crippen molar-refractivity contribution in [2.24, 2.45) is 7.05 Å². The molecule has 1 N–H and O–H groups in total. The molecular weight excluding hydrogens is 270 g/mol. The van der Waals surface area contributed by atoms with Crippen molar-refractivity contribution in [3.05, 3.63) is 34.2 Å². The summed E-state index contributed by atoms with van der Waals surface area (Å²) in [6.07, 6.45) is 1.20. The lowest BCUT2D eigenvalue weighted by Gasteiger charge is -2.07. The Morgan fingerprint density at radius 3 is 2.63 bits per heavy atom. The summed E-state index contributed by atoms with van der Waals surface area (Å²) in [6.45, 7) is 3.66. The number of hydrogen-bond donors (Lipinski definition) is 1. The van der Waals surface area contributed by atoms with Gasteiger partial charge in [-0.3, -0.25) is 4.68 Å². The average Bonchev–Trinajstić information content (AvgIpc) is 2.58. The maximum absolute atomic E-state index is 10.8. The molecule has 0 aliphatic heterocycles. The van der Waals surface area contributed by atoms with Gasteiger partial charge in [-0.15, -0.1) is 0 Å². The van der Waals surface area contributed by atoms with E-state index < -0.39 is 5.97 Å². The van der Waals surface area contributed by atoms with E-state index in [-0.39, 0.29) is 16.5 Å². The lowest BCUT2D eigenvalue weighted by atomic mass is 10.3. The quantitative estimate of drug-likeness (QED) is 0.935. The Labute approximate surface area is 114 Å². The number of aryl methyl sites for hydroxylation is 2. The molecule has 0 amide bonds. The number of aromatic carboxylic acids is 1. The fourth-order valence-electron chi connectivity index (χ4n) is 1.62. The Hall–Kier alpha value is -2.08. The number of aromatic nitrogens is 3. The molecule has 6 nitrogen and oxygen atoms in total. The number of pyridine rings is 1. The van der Waals surface area contributed by atoms with E-state index >= 15 is 0 Å². The van der Waals surface area contributed by atoms with Gasteiger partial charge < -0.3 is 9.84 Å². The molecule has 0 fully saturated rings. The third-order valence-corrected chi connectivity index (χ3v) is 2.97. The summed E-state index contributed by atoms with van der Waals surface area (Å²) >= 11 is 5.96. The fraction of sp³-hybridized carbons (Fsp3) is 0.250. The number of carboxylic acid groups (broad SMARTS) is 1. The summed E-state index contributed by atoms with van der Waals surface area (Å²) in [4.78, 5) is 14.7. The number of carboxylic acids is 1. The van der Waals surface area contributed by atoms with Crippen molar-refractivity contribution in [3.63, 3.8) is 0 Å². The van der Waals surface area contributed by atoms with Crippen LogP contribution in [0.4, 0.5) is 0 Å². The largest absolute Gasteiger partial charge is 0.478 e. The topological polar surface area (TPSA) is 77.2 Å². The minimum absolute atomic E-state index is 0.0111. The lowest BCUT2D eigenvalue weighted by Crippen LogP contribution is -1.99. The Balaban J connectivity index is 2.36. The number of ether oxygens (including phenoxy) is 1. The molecule has 0 aromatic carbocycles. The van der Waals surface area contributed by atoms with Crippen LogP contribution in [-0.4, -0.2) is 25.8 Å². The molecule has 0 bridgehead atoms. The van der Waals surface area contributed by atoms with Gasteiger partial charge in [0.15, 0.2) is 5.75 Å². The van der Waals surface area contributed by atoms with Crippen molar-refractivity contribution >= 4 is 17.6 Å². The number of nitrogens with zero attached hydrogens (tertiary/aromatic N) is 3. The number of rotatable bonds is 3. The minimum Gasteiger partial charge on any atom is -0.478 e. The second-order valence-electron chi connectivity index (χ2n) is 4.04.